The first-order chi connectivity index (χ1) is 32.2. The van der Waals surface area contributed by atoms with E-state index in [2.05, 4.69) is 193 Å². The van der Waals surface area contributed by atoms with Crippen molar-refractivity contribution in [3.05, 3.63) is 150 Å². The van der Waals surface area contributed by atoms with Gasteiger partial charge in [0.05, 0.1) is 5.52 Å². The molecule has 6 heteroatoms. The summed E-state index contributed by atoms with van der Waals surface area (Å²) in [5.74, 6) is 0. The van der Waals surface area contributed by atoms with Gasteiger partial charge in [-0.3, -0.25) is 0 Å². The molecule has 0 saturated heterocycles. The minimum Gasteiger partial charge on any atom is -0.456 e. The van der Waals surface area contributed by atoms with Crippen LogP contribution in [0, 0.1) is 6.92 Å². The molecule has 326 valence electrons. The first-order valence-electron chi connectivity index (χ1n) is 24.0. The van der Waals surface area contributed by atoms with Crippen molar-refractivity contribution >= 4 is 136 Å². The van der Waals surface area contributed by atoms with E-state index in [4.69, 9.17) is 4.42 Å². The van der Waals surface area contributed by atoms with Gasteiger partial charge in [0.2, 0.25) is 0 Å². The molecule has 2 aliphatic rings. The number of aromatic nitrogens is 1. The van der Waals surface area contributed by atoms with Crippen LogP contribution < -0.4 is 16.2 Å². The quantitative estimate of drug-likeness (QED) is 0.179. The summed E-state index contributed by atoms with van der Waals surface area (Å²) in [6.07, 6.45) is 2.40. The Labute approximate surface area is 399 Å². The highest BCUT2D eigenvalue weighted by Crippen LogP contribution is 2.51. The SMILES string of the molecule is Cc1cc(-c2cc3sc4cc5c(cc4c3cc2Nc2ccc(C(C)(C)C)cc2)C(C)(C)CCC5(C)C)c2c3c1c1cc4oc5ccccc5c4cc1n3-c1cc3sc4ccccc4c3cc1B2. The summed E-state index contributed by atoms with van der Waals surface area (Å²) in [5.41, 5.74) is 19.2. The molecule has 4 aromatic heterocycles. The largest absolute Gasteiger partial charge is 0.456 e. The number of nitrogens with one attached hydrogen (secondary N) is 1. The van der Waals surface area contributed by atoms with Crippen molar-refractivity contribution in [2.75, 3.05) is 5.32 Å². The van der Waals surface area contributed by atoms with Gasteiger partial charge in [-0.2, -0.15) is 0 Å². The van der Waals surface area contributed by atoms with E-state index in [-0.39, 0.29) is 16.2 Å². The molecule has 67 heavy (non-hydrogen) atoms. The van der Waals surface area contributed by atoms with E-state index in [0.29, 0.717) is 0 Å². The summed E-state index contributed by atoms with van der Waals surface area (Å²) in [5, 5.41) is 14.3. The van der Waals surface area contributed by atoms with Crippen molar-refractivity contribution in [1.29, 1.82) is 0 Å². The zero-order valence-electron chi connectivity index (χ0n) is 39.4. The number of hydrogen-bond donors (Lipinski definition) is 1. The summed E-state index contributed by atoms with van der Waals surface area (Å²) in [4.78, 5) is 0. The van der Waals surface area contributed by atoms with Gasteiger partial charge in [0.1, 0.15) is 11.2 Å². The van der Waals surface area contributed by atoms with Crippen molar-refractivity contribution in [3.8, 4) is 16.8 Å². The van der Waals surface area contributed by atoms with Gasteiger partial charge in [0, 0.05) is 84.6 Å². The lowest BCUT2D eigenvalue weighted by Gasteiger charge is -2.41. The average molecular weight is 903 g/mol. The Balaban J connectivity index is 1.07. The van der Waals surface area contributed by atoms with E-state index < -0.39 is 0 Å². The number of anilines is 2. The Morgan fingerprint density at radius 1 is 0.597 bits per heavy atom. The summed E-state index contributed by atoms with van der Waals surface area (Å²) >= 11 is 3.86. The molecule has 0 fully saturated rings. The van der Waals surface area contributed by atoms with Crippen molar-refractivity contribution in [2.45, 2.75) is 84.5 Å². The molecule has 0 unspecified atom stereocenters. The van der Waals surface area contributed by atoms with Gasteiger partial charge in [0.15, 0.2) is 7.28 Å². The number of furan rings is 1. The second-order valence-electron chi connectivity index (χ2n) is 22.1. The summed E-state index contributed by atoms with van der Waals surface area (Å²) < 4.78 is 14.6. The van der Waals surface area contributed by atoms with Crippen LogP contribution >= 0.6 is 22.7 Å². The van der Waals surface area contributed by atoms with E-state index in [0.717, 1.165) is 40.6 Å². The lowest BCUT2D eigenvalue weighted by Crippen LogP contribution is -2.37. The Morgan fingerprint density at radius 3 is 2.06 bits per heavy atom. The Kier molecular flexibility index (Phi) is 7.98. The molecule has 5 heterocycles. The maximum atomic E-state index is 6.60. The zero-order valence-corrected chi connectivity index (χ0v) is 41.1. The van der Waals surface area contributed by atoms with Gasteiger partial charge in [-0.25, -0.2) is 0 Å². The summed E-state index contributed by atoms with van der Waals surface area (Å²) in [6.45, 7) is 19.0. The van der Waals surface area contributed by atoms with E-state index in [1.807, 2.05) is 22.7 Å². The van der Waals surface area contributed by atoms with Crippen LogP contribution in [0.15, 0.2) is 132 Å². The van der Waals surface area contributed by atoms with Crippen LogP contribution in [0.4, 0.5) is 11.4 Å². The molecular formula is C61H51BN2OS2. The smallest absolute Gasteiger partial charge is 0.198 e. The second-order valence-corrected chi connectivity index (χ2v) is 24.3. The van der Waals surface area contributed by atoms with Gasteiger partial charge in [-0.15, -0.1) is 22.7 Å². The molecule has 3 nitrogen and oxygen atoms in total. The van der Waals surface area contributed by atoms with Gasteiger partial charge in [-0.1, -0.05) is 115 Å². The fourth-order valence-corrected chi connectivity index (χ4v) is 14.4. The fraction of sp³-hybridized carbons (Fsp3) is 0.213. The van der Waals surface area contributed by atoms with Crippen LogP contribution in [0.2, 0.25) is 0 Å². The highest BCUT2D eigenvalue weighted by Gasteiger charge is 2.38. The third-order valence-corrected chi connectivity index (χ3v) is 18.2. The lowest BCUT2D eigenvalue weighted by atomic mass is 9.58. The number of rotatable bonds is 3. The average Bonchev–Trinajstić information content (AvgIpc) is 4.05. The first-order valence-corrected chi connectivity index (χ1v) is 25.6. The molecule has 0 saturated carbocycles. The molecule has 0 amide bonds. The molecule has 1 N–H and O–H groups in total. The van der Waals surface area contributed by atoms with E-state index in [1.54, 1.807) is 0 Å². The fourth-order valence-electron chi connectivity index (χ4n) is 12.1. The second kappa shape index (κ2) is 13.4. The van der Waals surface area contributed by atoms with Crippen LogP contribution in [0.25, 0.3) is 101 Å². The number of thiophene rings is 2. The monoisotopic (exact) mass is 902 g/mol. The molecule has 0 spiro atoms. The van der Waals surface area contributed by atoms with Crippen LogP contribution in [0.5, 0.6) is 0 Å². The number of benzene rings is 8. The normalized spacial score (nSPS) is 15.4. The van der Waals surface area contributed by atoms with Crippen molar-refractivity contribution in [1.82, 2.24) is 4.57 Å². The molecule has 0 atom stereocenters. The van der Waals surface area contributed by atoms with Gasteiger partial charge < -0.3 is 14.3 Å². The number of nitrogens with zero attached hydrogens (tertiary/aromatic N) is 1. The molecule has 0 radical (unpaired) electrons. The third kappa shape index (κ3) is 5.69. The third-order valence-electron chi connectivity index (χ3n) is 15.9. The highest BCUT2D eigenvalue weighted by molar-refractivity contribution is 7.26. The molecule has 14 rings (SSSR count). The number of aryl methyl sites for hydroxylation is 1. The molecule has 8 aromatic carbocycles. The van der Waals surface area contributed by atoms with E-state index in [9.17, 15) is 0 Å². The standard InChI is InChI=1S/C61H51BN2OS2/c1-32-23-42(37-29-53-41(26-47(37)63-34-19-17-33(18-20-34)59(2,3)4)39-24-44-45(30-54(39)67-53)61(7,8)22-21-60(44,5)6)57-58-56(32)43-28-51-38(35-13-9-11-15-50(35)65-51)27-48(43)64(58)49-31-55-40(25-46(49)62-57)36-14-10-12-16-52(36)66-55/h9-20,23-31,62-63H,21-22H2,1-8H3. The minimum atomic E-state index is 0.0700. The van der Waals surface area contributed by atoms with Crippen LogP contribution in [-0.2, 0) is 16.2 Å². The lowest BCUT2D eigenvalue weighted by molar-refractivity contribution is 0.332. The number of hydrogen-bond acceptors (Lipinski definition) is 4. The van der Waals surface area contributed by atoms with Crippen molar-refractivity contribution < 1.29 is 4.42 Å². The molecule has 12 aromatic rings. The topological polar surface area (TPSA) is 30.1 Å². The van der Waals surface area contributed by atoms with Crippen LogP contribution in [0.3, 0.4) is 0 Å². The van der Waals surface area contributed by atoms with Crippen molar-refractivity contribution in [3.63, 3.8) is 0 Å². The molecule has 0 bridgehead atoms. The Morgan fingerprint density at radius 2 is 1.27 bits per heavy atom. The van der Waals surface area contributed by atoms with Gasteiger partial charge in [0.25, 0.3) is 0 Å². The predicted octanol–water partition coefficient (Wildman–Crippen LogP) is 16.5. The molecule has 1 aliphatic heterocycles. The minimum absolute atomic E-state index is 0.0700. The van der Waals surface area contributed by atoms with E-state index >= 15 is 0 Å². The maximum absolute atomic E-state index is 6.60. The highest BCUT2D eigenvalue weighted by atomic mass is 32.1. The predicted molar refractivity (Wildman–Crippen MR) is 294 cm³/mol. The summed E-state index contributed by atoms with van der Waals surface area (Å²) in [6, 6.07) is 48.8. The van der Waals surface area contributed by atoms with E-state index in [1.165, 1.54) is 125 Å². The van der Waals surface area contributed by atoms with Crippen LogP contribution in [0.1, 0.15) is 83.6 Å². The Bertz CT molecular complexity index is 4150. The van der Waals surface area contributed by atoms with Gasteiger partial charge >= 0.3 is 0 Å². The first kappa shape index (κ1) is 39.8. The Hall–Kier alpha value is -6.34. The van der Waals surface area contributed by atoms with Crippen LogP contribution in [-0.4, -0.2) is 11.8 Å². The number of para-hydroxylation sites is 1. The van der Waals surface area contributed by atoms with Gasteiger partial charge in [-0.05, 0) is 141 Å². The zero-order chi connectivity index (χ0) is 45.5. The number of fused-ring (bicyclic) bond motifs is 15. The molecular weight excluding hydrogens is 852 g/mol. The van der Waals surface area contributed by atoms with Crippen molar-refractivity contribution in [2.24, 2.45) is 0 Å². The maximum Gasteiger partial charge on any atom is 0.198 e. The summed E-state index contributed by atoms with van der Waals surface area (Å²) in [7, 11) is 0.831. The molecule has 1 aliphatic carbocycles.